The number of hydrogen-bond acceptors (Lipinski definition) is 1. The first-order valence-corrected chi connectivity index (χ1v) is 4.70. The van der Waals surface area contributed by atoms with E-state index in [1.807, 2.05) is 12.1 Å². The monoisotopic (exact) mass is 179 g/mol. The summed E-state index contributed by atoms with van der Waals surface area (Å²) in [6.07, 6.45) is 1.00. The molecule has 0 amide bonds. The zero-order valence-corrected chi connectivity index (χ0v) is 7.54. The second kappa shape index (κ2) is 3.46. The van der Waals surface area contributed by atoms with Gasteiger partial charge in [0.05, 0.1) is 6.67 Å². The Morgan fingerprint density at radius 2 is 2.31 bits per heavy atom. The summed E-state index contributed by atoms with van der Waals surface area (Å²) in [6, 6.07) is 8.18. The molecule has 2 rings (SSSR count). The van der Waals surface area contributed by atoms with Crippen LogP contribution in [0.2, 0.25) is 0 Å². The number of alkyl halides is 1. The summed E-state index contributed by atoms with van der Waals surface area (Å²) in [4.78, 5) is 0. The van der Waals surface area contributed by atoms with Crippen molar-refractivity contribution >= 4 is 0 Å². The van der Waals surface area contributed by atoms with Crippen molar-refractivity contribution in [2.45, 2.75) is 18.9 Å². The third kappa shape index (κ3) is 1.73. The number of rotatable bonds is 3. The smallest absolute Gasteiger partial charge is 0.0928 e. The Morgan fingerprint density at radius 3 is 2.92 bits per heavy atom. The summed E-state index contributed by atoms with van der Waals surface area (Å²) < 4.78 is 12.3. The molecule has 1 fully saturated rings. The predicted molar refractivity (Wildman–Crippen MR) is 51.2 cm³/mol. The van der Waals surface area contributed by atoms with Crippen molar-refractivity contribution in [2.24, 2.45) is 11.7 Å². The SMILES string of the molecule is NCc1cccc(C2CC2CF)c1. The zero-order valence-electron chi connectivity index (χ0n) is 7.54. The highest BCUT2D eigenvalue weighted by Gasteiger charge is 2.37. The van der Waals surface area contributed by atoms with Gasteiger partial charge in [-0.15, -0.1) is 0 Å². The van der Waals surface area contributed by atoms with Gasteiger partial charge < -0.3 is 5.73 Å². The van der Waals surface area contributed by atoms with E-state index in [-0.39, 0.29) is 12.6 Å². The normalized spacial score (nSPS) is 26.0. The van der Waals surface area contributed by atoms with Gasteiger partial charge >= 0.3 is 0 Å². The Morgan fingerprint density at radius 1 is 1.46 bits per heavy atom. The van der Waals surface area contributed by atoms with Crippen LogP contribution >= 0.6 is 0 Å². The largest absolute Gasteiger partial charge is 0.326 e. The van der Waals surface area contributed by atoms with Crippen LogP contribution in [0.15, 0.2) is 24.3 Å². The fraction of sp³-hybridized carbons (Fsp3) is 0.455. The van der Waals surface area contributed by atoms with Gasteiger partial charge in [0, 0.05) is 6.54 Å². The fourth-order valence-electron chi connectivity index (χ4n) is 1.78. The van der Waals surface area contributed by atoms with Crippen molar-refractivity contribution in [1.82, 2.24) is 0 Å². The molecule has 2 unspecified atom stereocenters. The molecule has 70 valence electrons. The van der Waals surface area contributed by atoms with Crippen LogP contribution in [0.4, 0.5) is 4.39 Å². The van der Waals surface area contributed by atoms with Crippen LogP contribution in [-0.4, -0.2) is 6.67 Å². The number of benzene rings is 1. The average molecular weight is 179 g/mol. The highest BCUT2D eigenvalue weighted by molar-refractivity contribution is 5.30. The molecule has 0 aromatic heterocycles. The summed E-state index contributed by atoms with van der Waals surface area (Å²) in [7, 11) is 0. The van der Waals surface area contributed by atoms with Gasteiger partial charge in [-0.05, 0) is 29.4 Å². The van der Waals surface area contributed by atoms with E-state index in [0.717, 1.165) is 12.0 Å². The Balaban J connectivity index is 2.13. The minimum absolute atomic E-state index is 0.183. The van der Waals surface area contributed by atoms with Crippen LogP contribution in [0, 0.1) is 5.92 Å². The molecule has 1 aromatic rings. The Kier molecular flexibility index (Phi) is 2.32. The maximum Gasteiger partial charge on any atom is 0.0928 e. The molecule has 2 N–H and O–H groups in total. The van der Waals surface area contributed by atoms with E-state index in [9.17, 15) is 4.39 Å². The van der Waals surface area contributed by atoms with E-state index < -0.39 is 0 Å². The topological polar surface area (TPSA) is 26.0 Å². The summed E-state index contributed by atoms with van der Waals surface area (Å²) in [5, 5.41) is 0. The number of hydrogen-bond donors (Lipinski definition) is 1. The molecular weight excluding hydrogens is 165 g/mol. The van der Waals surface area contributed by atoms with Crippen LogP contribution in [0.5, 0.6) is 0 Å². The van der Waals surface area contributed by atoms with E-state index in [1.54, 1.807) is 0 Å². The highest BCUT2D eigenvalue weighted by atomic mass is 19.1. The summed E-state index contributed by atoms with van der Waals surface area (Å²) in [5.74, 6) is 0.726. The molecule has 2 atom stereocenters. The van der Waals surface area contributed by atoms with Gasteiger partial charge in [0.25, 0.3) is 0 Å². The molecule has 0 spiro atoms. The lowest BCUT2D eigenvalue weighted by Gasteiger charge is -2.01. The molecule has 0 heterocycles. The quantitative estimate of drug-likeness (QED) is 0.756. The lowest BCUT2D eigenvalue weighted by Crippen LogP contribution is -1.96. The zero-order chi connectivity index (χ0) is 9.26. The van der Waals surface area contributed by atoms with E-state index in [0.29, 0.717) is 12.5 Å². The highest BCUT2D eigenvalue weighted by Crippen LogP contribution is 2.47. The summed E-state index contributed by atoms with van der Waals surface area (Å²) in [5.41, 5.74) is 7.93. The number of halogens is 1. The van der Waals surface area contributed by atoms with E-state index in [1.165, 1.54) is 5.56 Å². The van der Waals surface area contributed by atoms with Crippen LogP contribution in [-0.2, 0) is 6.54 Å². The molecule has 0 radical (unpaired) electrons. The van der Waals surface area contributed by atoms with Crippen molar-refractivity contribution < 1.29 is 4.39 Å². The van der Waals surface area contributed by atoms with Crippen molar-refractivity contribution in [2.75, 3.05) is 6.67 Å². The first-order chi connectivity index (χ1) is 6.35. The number of nitrogens with two attached hydrogens (primary N) is 1. The molecule has 0 bridgehead atoms. The van der Waals surface area contributed by atoms with Gasteiger partial charge in [-0.25, -0.2) is 0 Å². The van der Waals surface area contributed by atoms with Gasteiger partial charge in [0.1, 0.15) is 0 Å². The van der Waals surface area contributed by atoms with Crippen LogP contribution in [0.25, 0.3) is 0 Å². The summed E-state index contributed by atoms with van der Waals surface area (Å²) >= 11 is 0. The van der Waals surface area contributed by atoms with Gasteiger partial charge in [-0.2, -0.15) is 0 Å². The van der Waals surface area contributed by atoms with Crippen LogP contribution in [0.3, 0.4) is 0 Å². The third-order valence-corrected chi connectivity index (χ3v) is 2.74. The van der Waals surface area contributed by atoms with Gasteiger partial charge in [0.15, 0.2) is 0 Å². The molecule has 1 aliphatic carbocycles. The Hall–Kier alpha value is -0.890. The second-order valence-corrected chi connectivity index (χ2v) is 3.71. The van der Waals surface area contributed by atoms with Crippen LogP contribution < -0.4 is 5.73 Å². The van der Waals surface area contributed by atoms with Gasteiger partial charge in [-0.1, -0.05) is 24.3 Å². The molecule has 1 nitrogen and oxygen atoms in total. The standard InChI is InChI=1S/C11H14FN/c12-6-10-5-11(10)9-3-1-2-8(4-9)7-13/h1-4,10-11H,5-7,13H2. The van der Waals surface area contributed by atoms with Crippen molar-refractivity contribution in [3.63, 3.8) is 0 Å². The van der Waals surface area contributed by atoms with E-state index >= 15 is 0 Å². The van der Waals surface area contributed by atoms with Gasteiger partial charge in [-0.3, -0.25) is 4.39 Å². The van der Waals surface area contributed by atoms with Crippen molar-refractivity contribution in [1.29, 1.82) is 0 Å². The fourth-order valence-corrected chi connectivity index (χ4v) is 1.78. The molecule has 13 heavy (non-hydrogen) atoms. The third-order valence-electron chi connectivity index (χ3n) is 2.74. The lowest BCUT2D eigenvalue weighted by molar-refractivity contribution is 0.452. The molecule has 0 aliphatic heterocycles. The Bertz CT molecular complexity index is 298. The first kappa shape index (κ1) is 8.70. The van der Waals surface area contributed by atoms with E-state index in [4.69, 9.17) is 5.73 Å². The predicted octanol–water partition coefficient (Wildman–Crippen LogP) is 2.22. The molecule has 0 saturated heterocycles. The van der Waals surface area contributed by atoms with Crippen molar-refractivity contribution in [3.05, 3.63) is 35.4 Å². The lowest BCUT2D eigenvalue weighted by atomic mass is 10.1. The molecule has 1 saturated carbocycles. The molecule has 2 heteroatoms. The maximum absolute atomic E-state index is 12.3. The average Bonchev–Trinajstić information content (AvgIpc) is 2.97. The maximum atomic E-state index is 12.3. The molecule has 1 aromatic carbocycles. The first-order valence-electron chi connectivity index (χ1n) is 4.70. The molecular formula is C11H14FN. The Labute approximate surface area is 77.8 Å². The minimum atomic E-state index is -0.183. The van der Waals surface area contributed by atoms with Gasteiger partial charge in [0.2, 0.25) is 0 Å². The summed E-state index contributed by atoms with van der Waals surface area (Å²) in [6.45, 7) is 0.387. The molecule has 1 aliphatic rings. The second-order valence-electron chi connectivity index (χ2n) is 3.71. The van der Waals surface area contributed by atoms with Crippen molar-refractivity contribution in [3.8, 4) is 0 Å². The van der Waals surface area contributed by atoms with E-state index in [2.05, 4.69) is 12.1 Å². The minimum Gasteiger partial charge on any atom is -0.326 e. The van der Waals surface area contributed by atoms with Crippen LogP contribution in [0.1, 0.15) is 23.5 Å².